The smallest absolute Gasteiger partial charge is 0.158 e. The van der Waals surface area contributed by atoms with Crippen LogP contribution in [0.2, 0.25) is 0 Å². The Hall–Kier alpha value is -2.25. The number of halogens is 1. The molecule has 0 bridgehead atoms. The predicted molar refractivity (Wildman–Crippen MR) is 90.4 cm³/mol. The highest BCUT2D eigenvalue weighted by Gasteiger charge is 2.22. The molecule has 2 aromatic rings. The van der Waals surface area contributed by atoms with Crippen molar-refractivity contribution in [1.29, 1.82) is 0 Å². The van der Waals surface area contributed by atoms with E-state index < -0.39 is 0 Å². The maximum atomic E-state index is 5.96. The number of terminal acetylenes is 1. The Balaban J connectivity index is 1.82. The highest BCUT2D eigenvalue weighted by Crippen LogP contribution is 2.33. The van der Waals surface area contributed by atoms with Gasteiger partial charge >= 0.3 is 0 Å². The van der Waals surface area contributed by atoms with Gasteiger partial charge in [-0.2, -0.15) is 0 Å². The lowest BCUT2D eigenvalue weighted by atomic mass is 10.0. The van der Waals surface area contributed by atoms with Crippen molar-refractivity contribution >= 4 is 20.6 Å². The first-order valence-electron chi connectivity index (χ1n) is 6.89. The first-order valence-corrected chi connectivity index (χ1v) is 7.68. The topological polar surface area (TPSA) is 30.8 Å². The molecule has 3 nitrogen and oxygen atoms in total. The summed E-state index contributed by atoms with van der Waals surface area (Å²) in [5, 5.41) is 3.92. The van der Waals surface area contributed by atoms with Gasteiger partial charge in [0, 0.05) is 12.0 Å². The summed E-state index contributed by atoms with van der Waals surface area (Å²) in [5.74, 6) is 4.15. The summed E-state index contributed by atoms with van der Waals surface area (Å²) in [5.41, 5.74) is 2.93. The van der Waals surface area contributed by atoms with Gasteiger partial charge in [0.15, 0.2) is 6.10 Å². The zero-order valence-electron chi connectivity index (χ0n) is 12.0. The van der Waals surface area contributed by atoms with Crippen molar-refractivity contribution in [3.63, 3.8) is 0 Å². The van der Waals surface area contributed by atoms with Crippen molar-refractivity contribution in [3.8, 4) is 23.8 Å². The Morgan fingerprint density at radius 1 is 1.27 bits per heavy atom. The molecule has 1 aliphatic heterocycles. The molecular weight excluding hydrogens is 342 g/mol. The molecule has 0 saturated carbocycles. The van der Waals surface area contributed by atoms with Crippen LogP contribution in [0.1, 0.15) is 29.2 Å². The normalized spacial score (nSPS) is 16.6. The van der Waals surface area contributed by atoms with Crippen molar-refractivity contribution in [3.05, 3.63) is 59.2 Å². The third kappa shape index (κ3) is 3.15. The lowest BCUT2D eigenvalue weighted by molar-refractivity contribution is 0.0856. The maximum Gasteiger partial charge on any atom is 0.158 e. The van der Waals surface area contributed by atoms with Crippen LogP contribution in [0.5, 0.6) is 11.5 Å². The first-order chi connectivity index (χ1) is 10.7. The molecular formula is C18H14BrNO2. The van der Waals surface area contributed by atoms with Gasteiger partial charge in [-0.1, -0.05) is 23.2 Å². The minimum atomic E-state index is -0.0684. The monoisotopic (exact) mass is 355 g/mol. The van der Waals surface area contributed by atoms with Crippen molar-refractivity contribution < 1.29 is 9.57 Å². The first kappa shape index (κ1) is 14.7. The Morgan fingerprint density at radius 2 is 2.05 bits per heavy atom. The summed E-state index contributed by atoms with van der Waals surface area (Å²) in [6.45, 7) is 2.01. The number of ether oxygens (including phenoxy) is 1. The summed E-state index contributed by atoms with van der Waals surface area (Å²) in [6.07, 6.45) is 6.03. The minimum absolute atomic E-state index is 0.0684. The Bertz CT molecular complexity index is 760. The molecule has 1 atom stereocenters. The Morgan fingerprint density at radius 3 is 2.68 bits per heavy atom. The van der Waals surface area contributed by atoms with Crippen LogP contribution in [0.4, 0.5) is 0 Å². The number of nitrogens with zero attached hydrogens (tertiary/aromatic N) is 1. The Labute approximate surface area is 138 Å². The second-order valence-corrected chi connectivity index (χ2v) is 5.98. The molecule has 22 heavy (non-hydrogen) atoms. The van der Waals surface area contributed by atoms with E-state index in [4.69, 9.17) is 16.0 Å². The summed E-state index contributed by atoms with van der Waals surface area (Å²) in [6, 6.07) is 13.5. The van der Waals surface area contributed by atoms with Crippen molar-refractivity contribution in [2.24, 2.45) is 5.16 Å². The minimum Gasteiger partial charge on any atom is -0.457 e. The van der Waals surface area contributed by atoms with E-state index in [-0.39, 0.29) is 6.10 Å². The fraction of sp³-hybridized carbons (Fsp3) is 0.167. The summed E-state index contributed by atoms with van der Waals surface area (Å²) in [7, 11) is 0. The zero-order valence-corrected chi connectivity index (χ0v) is 13.6. The van der Waals surface area contributed by atoms with E-state index in [1.165, 1.54) is 0 Å². The summed E-state index contributed by atoms with van der Waals surface area (Å²) >= 11 is 3.35. The van der Waals surface area contributed by atoms with Gasteiger partial charge in [-0.25, -0.2) is 0 Å². The molecule has 0 fully saturated rings. The molecule has 0 aromatic heterocycles. The molecule has 110 valence electrons. The maximum absolute atomic E-state index is 5.96. The van der Waals surface area contributed by atoms with E-state index in [0.717, 1.165) is 39.2 Å². The lowest BCUT2D eigenvalue weighted by Crippen LogP contribution is -1.98. The second-order valence-electron chi connectivity index (χ2n) is 5.06. The number of hydrogen-bond acceptors (Lipinski definition) is 3. The number of oxime groups is 1. The molecule has 0 saturated heterocycles. The van der Waals surface area contributed by atoms with Gasteiger partial charge in [0.1, 0.15) is 16.1 Å². The average Bonchev–Trinajstić information content (AvgIpc) is 2.97. The molecule has 0 spiro atoms. The SMILES string of the molecule is C#Cc1ccc(Oc2cc([C@@H]3CC(Br)=NO3)ccc2C)cc1. The zero-order chi connectivity index (χ0) is 15.5. The molecule has 1 heterocycles. The van der Waals surface area contributed by atoms with Crippen LogP contribution in [0.3, 0.4) is 0 Å². The van der Waals surface area contributed by atoms with Crippen molar-refractivity contribution in [1.82, 2.24) is 0 Å². The molecule has 0 aliphatic carbocycles. The van der Waals surface area contributed by atoms with Gasteiger partial charge in [0.05, 0.1) is 0 Å². The van der Waals surface area contributed by atoms with Gasteiger partial charge in [0.2, 0.25) is 0 Å². The number of aryl methyl sites for hydroxylation is 1. The van der Waals surface area contributed by atoms with Crippen LogP contribution >= 0.6 is 15.9 Å². The van der Waals surface area contributed by atoms with E-state index in [2.05, 4.69) is 27.0 Å². The molecule has 0 N–H and O–H groups in total. The lowest BCUT2D eigenvalue weighted by Gasteiger charge is -2.13. The fourth-order valence-electron chi connectivity index (χ4n) is 2.20. The van der Waals surface area contributed by atoms with Crippen LogP contribution in [-0.2, 0) is 4.84 Å². The number of benzene rings is 2. The summed E-state index contributed by atoms with van der Waals surface area (Å²) < 4.78 is 6.79. The van der Waals surface area contributed by atoms with E-state index in [9.17, 15) is 0 Å². The van der Waals surface area contributed by atoms with Crippen molar-refractivity contribution in [2.75, 3.05) is 0 Å². The van der Waals surface area contributed by atoms with E-state index in [1.54, 1.807) is 0 Å². The van der Waals surface area contributed by atoms with E-state index in [0.29, 0.717) is 0 Å². The van der Waals surface area contributed by atoms with Gasteiger partial charge in [-0.3, -0.25) is 0 Å². The quantitative estimate of drug-likeness (QED) is 0.730. The van der Waals surface area contributed by atoms with Gasteiger partial charge in [0.25, 0.3) is 0 Å². The molecule has 2 aromatic carbocycles. The van der Waals surface area contributed by atoms with Gasteiger partial charge < -0.3 is 9.57 Å². The summed E-state index contributed by atoms with van der Waals surface area (Å²) in [4.78, 5) is 5.39. The average molecular weight is 356 g/mol. The third-order valence-corrected chi connectivity index (χ3v) is 3.93. The van der Waals surface area contributed by atoms with Gasteiger partial charge in [-0.15, -0.1) is 6.42 Å². The van der Waals surface area contributed by atoms with Crippen LogP contribution in [-0.4, -0.2) is 4.62 Å². The molecule has 0 unspecified atom stereocenters. The van der Waals surface area contributed by atoms with Crippen LogP contribution in [0.25, 0.3) is 0 Å². The predicted octanol–water partition coefficient (Wildman–Crippen LogP) is 4.94. The van der Waals surface area contributed by atoms with Crippen LogP contribution in [0.15, 0.2) is 47.6 Å². The molecule has 0 radical (unpaired) electrons. The van der Waals surface area contributed by atoms with E-state index in [1.807, 2.05) is 49.4 Å². The van der Waals surface area contributed by atoms with Crippen LogP contribution < -0.4 is 4.74 Å². The van der Waals surface area contributed by atoms with Gasteiger partial charge in [-0.05, 0) is 64.3 Å². The second kappa shape index (κ2) is 6.25. The molecule has 1 aliphatic rings. The third-order valence-electron chi connectivity index (χ3n) is 3.47. The molecule has 4 heteroatoms. The number of rotatable bonds is 3. The fourth-order valence-corrected chi connectivity index (χ4v) is 2.58. The Kier molecular flexibility index (Phi) is 4.17. The molecule has 3 rings (SSSR count). The molecule has 0 amide bonds. The highest BCUT2D eigenvalue weighted by atomic mass is 79.9. The largest absolute Gasteiger partial charge is 0.457 e. The number of hydrogen-bond donors (Lipinski definition) is 0. The standard InChI is InChI=1S/C18H14BrNO2/c1-3-13-5-8-15(9-6-13)21-16-10-14(7-4-12(16)2)17-11-18(19)20-22-17/h1,4-10,17H,11H2,2H3/t17-/m0/s1. The van der Waals surface area contributed by atoms with E-state index >= 15 is 0 Å². The highest BCUT2D eigenvalue weighted by molar-refractivity contribution is 9.18. The van der Waals surface area contributed by atoms with Crippen LogP contribution in [0, 0.1) is 19.3 Å². The van der Waals surface area contributed by atoms with Crippen molar-refractivity contribution in [2.45, 2.75) is 19.4 Å².